The highest BCUT2D eigenvalue weighted by Crippen LogP contribution is 1.97. The van der Waals surface area contributed by atoms with Gasteiger partial charge in [-0.15, -0.1) is 5.10 Å². The van der Waals surface area contributed by atoms with Gasteiger partial charge in [0.1, 0.15) is 12.9 Å². The Balaban J connectivity index is 2.40. The van der Waals surface area contributed by atoms with Gasteiger partial charge in [0, 0.05) is 6.04 Å². The van der Waals surface area contributed by atoms with Gasteiger partial charge in [-0.05, 0) is 16.8 Å². The summed E-state index contributed by atoms with van der Waals surface area (Å²) < 4.78 is 1.27. The summed E-state index contributed by atoms with van der Waals surface area (Å²) in [5, 5.41) is 21.5. The normalized spacial score (nSPS) is 12.1. The Morgan fingerprint density at radius 1 is 1.56 bits per heavy atom. The van der Waals surface area contributed by atoms with Crippen LogP contribution >= 0.6 is 0 Å². The van der Waals surface area contributed by atoms with Crippen LogP contribution in [0.25, 0.3) is 0 Å². The molecule has 0 fully saturated rings. The molecule has 88 valence electrons. The third-order valence-corrected chi connectivity index (χ3v) is 1.98. The number of carbonyl (C=O) groups excluding carboxylic acids is 1. The molecule has 0 aliphatic heterocycles. The number of carboxylic acids is 1. The summed E-state index contributed by atoms with van der Waals surface area (Å²) in [6.07, 6.45) is 1.79. The zero-order valence-electron chi connectivity index (χ0n) is 8.83. The van der Waals surface area contributed by atoms with Gasteiger partial charge in [0.25, 0.3) is 0 Å². The van der Waals surface area contributed by atoms with Gasteiger partial charge < -0.3 is 10.4 Å². The molecule has 2 N–H and O–H groups in total. The van der Waals surface area contributed by atoms with E-state index in [1.807, 2.05) is 6.92 Å². The fourth-order valence-electron chi connectivity index (χ4n) is 1.18. The van der Waals surface area contributed by atoms with Gasteiger partial charge in [-0.2, -0.15) is 0 Å². The number of nitrogens with zero attached hydrogens (tertiary/aromatic N) is 4. The molecular weight excluding hydrogens is 214 g/mol. The maximum absolute atomic E-state index is 11.4. The summed E-state index contributed by atoms with van der Waals surface area (Å²) in [5.41, 5.74) is 0. The smallest absolute Gasteiger partial charge is 0.305 e. The number of rotatable bonds is 6. The molecule has 0 spiro atoms. The SMILES string of the molecule is CCC(CC(=O)O)NC(=O)Cn1cnnn1. The van der Waals surface area contributed by atoms with Gasteiger partial charge in [0.05, 0.1) is 6.42 Å². The fraction of sp³-hybridized carbons (Fsp3) is 0.625. The third-order valence-electron chi connectivity index (χ3n) is 1.98. The largest absolute Gasteiger partial charge is 0.481 e. The first kappa shape index (κ1) is 12.1. The van der Waals surface area contributed by atoms with Crippen molar-refractivity contribution in [3.63, 3.8) is 0 Å². The number of carboxylic acid groups (broad SMARTS) is 1. The van der Waals surface area contributed by atoms with Gasteiger partial charge >= 0.3 is 5.97 Å². The van der Waals surface area contributed by atoms with Crippen LogP contribution in [-0.4, -0.2) is 43.2 Å². The van der Waals surface area contributed by atoms with Crippen molar-refractivity contribution in [3.05, 3.63) is 6.33 Å². The Morgan fingerprint density at radius 3 is 2.81 bits per heavy atom. The minimum atomic E-state index is -0.936. The number of amides is 1. The molecule has 1 amide bonds. The van der Waals surface area contributed by atoms with Gasteiger partial charge in [0.15, 0.2) is 0 Å². The fourth-order valence-corrected chi connectivity index (χ4v) is 1.18. The summed E-state index contributed by atoms with van der Waals surface area (Å²) in [6.45, 7) is 1.80. The predicted molar refractivity (Wildman–Crippen MR) is 52.3 cm³/mol. The molecule has 1 rings (SSSR count). The lowest BCUT2D eigenvalue weighted by Gasteiger charge is -2.14. The van der Waals surface area contributed by atoms with Gasteiger partial charge in [-0.1, -0.05) is 6.92 Å². The van der Waals surface area contributed by atoms with Gasteiger partial charge in [-0.25, -0.2) is 4.68 Å². The average Bonchev–Trinajstić information content (AvgIpc) is 2.68. The Hall–Kier alpha value is -1.99. The third kappa shape index (κ3) is 4.03. The molecule has 1 aromatic heterocycles. The summed E-state index contributed by atoms with van der Waals surface area (Å²) in [7, 11) is 0. The zero-order chi connectivity index (χ0) is 12.0. The predicted octanol–water partition coefficient (Wildman–Crippen LogP) is -0.957. The van der Waals surface area contributed by atoms with E-state index < -0.39 is 5.97 Å². The van der Waals surface area contributed by atoms with Crippen LogP contribution in [0.4, 0.5) is 0 Å². The van der Waals surface area contributed by atoms with Crippen LogP contribution in [0.1, 0.15) is 19.8 Å². The minimum Gasteiger partial charge on any atom is -0.481 e. The molecule has 0 saturated heterocycles. The number of hydrogen-bond acceptors (Lipinski definition) is 5. The maximum atomic E-state index is 11.4. The second-order valence-corrected chi connectivity index (χ2v) is 3.28. The molecule has 0 aliphatic rings. The monoisotopic (exact) mass is 227 g/mol. The lowest BCUT2D eigenvalue weighted by molar-refractivity contribution is -0.137. The minimum absolute atomic E-state index is 0.0108. The Bertz CT molecular complexity index is 351. The first-order valence-corrected chi connectivity index (χ1v) is 4.83. The van der Waals surface area contributed by atoms with E-state index in [1.165, 1.54) is 11.0 Å². The van der Waals surface area contributed by atoms with Crippen molar-refractivity contribution < 1.29 is 14.7 Å². The number of tetrazole rings is 1. The molecule has 1 heterocycles. The van der Waals surface area contributed by atoms with E-state index in [9.17, 15) is 9.59 Å². The number of hydrogen-bond donors (Lipinski definition) is 2. The molecule has 0 bridgehead atoms. The van der Waals surface area contributed by atoms with E-state index in [-0.39, 0.29) is 24.9 Å². The van der Waals surface area contributed by atoms with Crippen LogP contribution in [0.15, 0.2) is 6.33 Å². The lowest BCUT2D eigenvalue weighted by Crippen LogP contribution is -2.38. The standard InChI is InChI=1S/C8H13N5O3/c1-2-6(3-8(15)16)10-7(14)4-13-5-9-11-12-13/h5-6H,2-4H2,1H3,(H,10,14)(H,15,16). The highest BCUT2D eigenvalue weighted by atomic mass is 16.4. The molecule has 0 aromatic carbocycles. The van der Waals surface area contributed by atoms with Crippen molar-refractivity contribution in [1.29, 1.82) is 0 Å². The number of aliphatic carboxylic acids is 1. The summed E-state index contributed by atoms with van der Waals surface area (Å²) >= 11 is 0. The van der Waals surface area contributed by atoms with Crippen molar-refractivity contribution in [2.45, 2.75) is 32.4 Å². The first-order chi connectivity index (χ1) is 7.61. The quantitative estimate of drug-likeness (QED) is 0.647. The topological polar surface area (TPSA) is 110 Å². The number of aromatic nitrogens is 4. The molecule has 16 heavy (non-hydrogen) atoms. The van der Waals surface area contributed by atoms with Crippen LogP contribution in [0, 0.1) is 0 Å². The Morgan fingerprint density at radius 2 is 2.31 bits per heavy atom. The Kier molecular flexibility index (Phi) is 4.37. The highest BCUT2D eigenvalue weighted by molar-refractivity contribution is 5.77. The second kappa shape index (κ2) is 5.79. The molecule has 1 aromatic rings. The molecular formula is C8H13N5O3. The van der Waals surface area contributed by atoms with Crippen molar-refractivity contribution in [1.82, 2.24) is 25.5 Å². The van der Waals surface area contributed by atoms with E-state index in [4.69, 9.17) is 5.11 Å². The van der Waals surface area contributed by atoms with E-state index in [0.717, 1.165) is 0 Å². The molecule has 8 heteroatoms. The molecule has 8 nitrogen and oxygen atoms in total. The van der Waals surface area contributed by atoms with E-state index >= 15 is 0 Å². The Labute approximate surface area is 91.6 Å². The van der Waals surface area contributed by atoms with E-state index in [2.05, 4.69) is 20.8 Å². The molecule has 1 unspecified atom stereocenters. The van der Waals surface area contributed by atoms with Crippen molar-refractivity contribution in [2.24, 2.45) is 0 Å². The number of carbonyl (C=O) groups is 2. The number of nitrogens with one attached hydrogen (secondary N) is 1. The van der Waals surface area contributed by atoms with Crippen molar-refractivity contribution in [2.75, 3.05) is 0 Å². The highest BCUT2D eigenvalue weighted by Gasteiger charge is 2.14. The molecule has 0 aliphatic carbocycles. The summed E-state index contributed by atoms with van der Waals surface area (Å²) in [4.78, 5) is 21.9. The first-order valence-electron chi connectivity index (χ1n) is 4.83. The van der Waals surface area contributed by atoms with Crippen LogP contribution in [-0.2, 0) is 16.1 Å². The lowest BCUT2D eigenvalue weighted by atomic mass is 10.1. The van der Waals surface area contributed by atoms with Crippen molar-refractivity contribution >= 4 is 11.9 Å². The van der Waals surface area contributed by atoms with E-state index in [0.29, 0.717) is 6.42 Å². The second-order valence-electron chi connectivity index (χ2n) is 3.28. The van der Waals surface area contributed by atoms with Gasteiger partial charge in [0.2, 0.25) is 5.91 Å². The van der Waals surface area contributed by atoms with E-state index in [1.54, 1.807) is 0 Å². The summed E-state index contributed by atoms with van der Waals surface area (Å²) in [6, 6.07) is -0.360. The zero-order valence-corrected chi connectivity index (χ0v) is 8.83. The van der Waals surface area contributed by atoms with Crippen LogP contribution in [0.3, 0.4) is 0 Å². The maximum Gasteiger partial charge on any atom is 0.305 e. The van der Waals surface area contributed by atoms with Crippen LogP contribution in [0.5, 0.6) is 0 Å². The molecule has 1 atom stereocenters. The van der Waals surface area contributed by atoms with Crippen LogP contribution in [0.2, 0.25) is 0 Å². The summed E-state index contributed by atoms with van der Waals surface area (Å²) in [5.74, 6) is -1.24. The van der Waals surface area contributed by atoms with Crippen LogP contribution < -0.4 is 5.32 Å². The van der Waals surface area contributed by atoms with Crippen molar-refractivity contribution in [3.8, 4) is 0 Å². The average molecular weight is 227 g/mol. The van der Waals surface area contributed by atoms with Gasteiger partial charge in [-0.3, -0.25) is 9.59 Å². The molecule has 0 radical (unpaired) electrons. The molecule has 0 saturated carbocycles.